The van der Waals surface area contributed by atoms with Crippen molar-refractivity contribution < 1.29 is 9.53 Å². The van der Waals surface area contributed by atoms with Crippen LogP contribution in [0, 0.1) is 5.92 Å². The fraction of sp³-hybridized carbons (Fsp3) is 0.562. The second-order valence-electron chi connectivity index (χ2n) is 5.91. The standard InChI is InChI=1S/C16H20ClNO2/c1-18-12-7-8-14(18)15(16(19)20-2)13(9-12)10-3-5-11(17)6-4-10/h3-6,12-15H,7-9H2,1-2H3/t12-,13-,14-,15-/m0/s1. The number of carbonyl (C=O) groups is 1. The Hall–Kier alpha value is -1.06. The van der Waals surface area contributed by atoms with Gasteiger partial charge < -0.3 is 4.74 Å². The summed E-state index contributed by atoms with van der Waals surface area (Å²) in [7, 11) is 3.62. The van der Waals surface area contributed by atoms with E-state index in [9.17, 15) is 4.79 Å². The van der Waals surface area contributed by atoms with E-state index in [4.69, 9.17) is 16.3 Å². The lowest BCUT2D eigenvalue weighted by molar-refractivity contribution is -0.150. The van der Waals surface area contributed by atoms with Crippen molar-refractivity contribution in [3.05, 3.63) is 34.9 Å². The Labute approximate surface area is 124 Å². The van der Waals surface area contributed by atoms with Gasteiger partial charge in [-0.1, -0.05) is 23.7 Å². The van der Waals surface area contributed by atoms with E-state index in [0.717, 1.165) is 17.9 Å². The molecule has 1 aromatic carbocycles. The van der Waals surface area contributed by atoms with Crippen molar-refractivity contribution in [1.82, 2.24) is 4.90 Å². The maximum Gasteiger partial charge on any atom is 0.310 e. The third-order valence-corrected chi connectivity index (χ3v) is 5.29. The number of ether oxygens (including phenoxy) is 1. The molecule has 2 aliphatic heterocycles. The van der Waals surface area contributed by atoms with E-state index in [1.807, 2.05) is 24.3 Å². The molecule has 0 aliphatic carbocycles. The van der Waals surface area contributed by atoms with Gasteiger partial charge in [0.05, 0.1) is 13.0 Å². The van der Waals surface area contributed by atoms with Crippen LogP contribution in [0.4, 0.5) is 0 Å². The van der Waals surface area contributed by atoms with E-state index in [1.165, 1.54) is 19.1 Å². The highest BCUT2D eigenvalue weighted by Crippen LogP contribution is 2.46. The number of esters is 1. The van der Waals surface area contributed by atoms with E-state index < -0.39 is 0 Å². The second kappa shape index (κ2) is 5.38. The lowest BCUT2D eigenvalue weighted by Gasteiger charge is -2.41. The molecule has 2 aliphatic rings. The molecule has 20 heavy (non-hydrogen) atoms. The highest BCUT2D eigenvalue weighted by molar-refractivity contribution is 6.30. The molecule has 0 saturated carbocycles. The van der Waals surface area contributed by atoms with Crippen LogP contribution in [0.5, 0.6) is 0 Å². The maximum absolute atomic E-state index is 12.3. The summed E-state index contributed by atoms with van der Waals surface area (Å²) in [5, 5.41) is 0.735. The molecule has 0 aromatic heterocycles. The van der Waals surface area contributed by atoms with Gasteiger partial charge in [0.25, 0.3) is 0 Å². The molecule has 0 spiro atoms. The number of hydrogen-bond donors (Lipinski definition) is 0. The number of benzene rings is 1. The highest BCUT2D eigenvalue weighted by atomic mass is 35.5. The Morgan fingerprint density at radius 1 is 1.30 bits per heavy atom. The van der Waals surface area contributed by atoms with Crippen molar-refractivity contribution >= 4 is 17.6 Å². The van der Waals surface area contributed by atoms with Gasteiger partial charge in [0.15, 0.2) is 0 Å². The third-order valence-electron chi connectivity index (χ3n) is 5.04. The molecular formula is C16H20ClNO2. The Morgan fingerprint density at radius 3 is 2.65 bits per heavy atom. The van der Waals surface area contributed by atoms with Gasteiger partial charge >= 0.3 is 5.97 Å². The molecule has 2 saturated heterocycles. The molecular weight excluding hydrogens is 274 g/mol. The van der Waals surface area contributed by atoms with Crippen molar-refractivity contribution in [1.29, 1.82) is 0 Å². The van der Waals surface area contributed by atoms with Gasteiger partial charge in [0.2, 0.25) is 0 Å². The van der Waals surface area contributed by atoms with Crippen molar-refractivity contribution in [2.75, 3.05) is 14.2 Å². The average Bonchev–Trinajstić information content (AvgIpc) is 2.70. The number of carbonyl (C=O) groups excluding carboxylic acids is 1. The van der Waals surface area contributed by atoms with Gasteiger partial charge in [0.1, 0.15) is 0 Å². The topological polar surface area (TPSA) is 29.5 Å². The van der Waals surface area contributed by atoms with Crippen LogP contribution in [0.15, 0.2) is 24.3 Å². The molecule has 2 fully saturated rings. The Balaban J connectivity index is 1.95. The Morgan fingerprint density at radius 2 is 2.00 bits per heavy atom. The van der Waals surface area contributed by atoms with Gasteiger partial charge in [0, 0.05) is 23.0 Å². The van der Waals surface area contributed by atoms with E-state index in [2.05, 4.69) is 11.9 Å². The summed E-state index contributed by atoms with van der Waals surface area (Å²) in [5.74, 6) is 0.0977. The average molecular weight is 294 g/mol. The fourth-order valence-corrected chi connectivity index (χ4v) is 4.10. The van der Waals surface area contributed by atoms with Gasteiger partial charge in [-0.05, 0) is 44.0 Å². The Bertz CT molecular complexity index is 502. The first-order valence-electron chi connectivity index (χ1n) is 7.17. The van der Waals surface area contributed by atoms with Gasteiger partial charge in [-0.2, -0.15) is 0 Å². The van der Waals surface area contributed by atoms with Crippen molar-refractivity contribution in [2.45, 2.75) is 37.3 Å². The summed E-state index contributed by atoms with van der Waals surface area (Å²) >= 11 is 5.97. The molecule has 0 unspecified atom stereocenters. The number of hydrogen-bond acceptors (Lipinski definition) is 3. The summed E-state index contributed by atoms with van der Waals surface area (Å²) in [5.41, 5.74) is 1.20. The smallest absolute Gasteiger partial charge is 0.310 e. The number of nitrogens with zero attached hydrogens (tertiary/aromatic N) is 1. The first-order chi connectivity index (χ1) is 9.61. The molecule has 0 radical (unpaired) electrons. The molecule has 108 valence electrons. The minimum absolute atomic E-state index is 0.0649. The number of piperidine rings is 1. The minimum atomic E-state index is -0.0813. The third kappa shape index (κ3) is 2.23. The molecule has 2 bridgehead atoms. The predicted octanol–water partition coefficient (Wildman–Crippen LogP) is 3.08. The predicted molar refractivity (Wildman–Crippen MR) is 78.9 cm³/mol. The van der Waals surface area contributed by atoms with Crippen LogP contribution < -0.4 is 0 Å². The van der Waals surface area contributed by atoms with Gasteiger partial charge in [-0.25, -0.2) is 0 Å². The SMILES string of the molecule is COC(=O)[C@H]1[C@H](c2ccc(Cl)cc2)C[C@@H]2CC[C@@H]1N2C. The van der Waals surface area contributed by atoms with Crippen LogP contribution in [0.1, 0.15) is 30.7 Å². The van der Waals surface area contributed by atoms with Crippen molar-refractivity contribution in [3.63, 3.8) is 0 Å². The van der Waals surface area contributed by atoms with Gasteiger partial charge in [-0.3, -0.25) is 9.69 Å². The summed E-state index contributed by atoms with van der Waals surface area (Å²) in [4.78, 5) is 14.6. The first-order valence-corrected chi connectivity index (χ1v) is 7.55. The monoisotopic (exact) mass is 293 g/mol. The van der Waals surface area contributed by atoms with Crippen LogP contribution in [0.25, 0.3) is 0 Å². The number of methoxy groups -OCH3 is 1. The zero-order valence-electron chi connectivity index (χ0n) is 11.9. The lowest BCUT2D eigenvalue weighted by Crippen LogP contribution is -2.49. The second-order valence-corrected chi connectivity index (χ2v) is 6.34. The van der Waals surface area contributed by atoms with E-state index in [1.54, 1.807) is 0 Å². The first kappa shape index (κ1) is 13.9. The van der Waals surface area contributed by atoms with E-state index in [-0.39, 0.29) is 17.8 Å². The normalized spacial score (nSPS) is 33.1. The molecule has 3 rings (SSSR count). The molecule has 4 atom stereocenters. The lowest BCUT2D eigenvalue weighted by atomic mass is 9.76. The quantitative estimate of drug-likeness (QED) is 0.785. The molecule has 0 N–H and O–H groups in total. The molecule has 1 aromatic rings. The molecule has 2 heterocycles. The summed E-state index contributed by atoms with van der Waals surface area (Å²) in [6.45, 7) is 0. The number of rotatable bonds is 2. The summed E-state index contributed by atoms with van der Waals surface area (Å²) < 4.78 is 5.07. The van der Waals surface area contributed by atoms with E-state index in [0.29, 0.717) is 12.1 Å². The molecule has 0 amide bonds. The van der Waals surface area contributed by atoms with Crippen LogP contribution in [0.3, 0.4) is 0 Å². The van der Waals surface area contributed by atoms with E-state index >= 15 is 0 Å². The summed E-state index contributed by atoms with van der Waals surface area (Å²) in [6.07, 6.45) is 3.29. The molecule has 4 heteroatoms. The van der Waals surface area contributed by atoms with Crippen LogP contribution in [-0.4, -0.2) is 37.1 Å². The van der Waals surface area contributed by atoms with Crippen molar-refractivity contribution in [3.8, 4) is 0 Å². The zero-order chi connectivity index (χ0) is 14.3. The fourth-order valence-electron chi connectivity index (χ4n) is 3.98. The highest BCUT2D eigenvalue weighted by Gasteiger charge is 2.49. The van der Waals surface area contributed by atoms with Gasteiger partial charge in [-0.15, -0.1) is 0 Å². The van der Waals surface area contributed by atoms with Crippen LogP contribution in [0.2, 0.25) is 5.02 Å². The number of fused-ring (bicyclic) bond motifs is 2. The number of halogens is 1. The summed E-state index contributed by atoms with van der Waals surface area (Å²) in [6, 6.07) is 8.81. The van der Waals surface area contributed by atoms with Crippen molar-refractivity contribution in [2.24, 2.45) is 5.92 Å². The zero-order valence-corrected chi connectivity index (χ0v) is 12.6. The minimum Gasteiger partial charge on any atom is -0.469 e. The Kier molecular flexibility index (Phi) is 3.74. The van der Waals surface area contributed by atoms with Crippen LogP contribution >= 0.6 is 11.6 Å². The largest absolute Gasteiger partial charge is 0.469 e. The maximum atomic E-state index is 12.3. The van der Waals surface area contributed by atoms with Crippen LogP contribution in [-0.2, 0) is 9.53 Å². The molecule has 3 nitrogen and oxygen atoms in total.